The first kappa shape index (κ1) is 15.5. The first-order valence-corrected chi connectivity index (χ1v) is 7.56. The van der Waals surface area contributed by atoms with Crippen molar-refractivity contribution in [2.24, 2.45) is 0 Å². The van der Waals surface area contributed by atoms with Crippen LogP contribution < -0.4 is 5.32 Å². The van der Waals surface area contributed by atoms with Crippen molar-refractivity contribution in [3.8, 4) is 0 Å². The van der Waals surface area contributed by atoms with Gasteiger partial charge < -0.3 is 10.1 Å². The normalized spacial score (nSPS) is 10.2. The van der Waals surface area contributed by atoms with E-state index >= 15 is 0 Å². The first-order valence-electron chi connectivity index (χ1n) is 6.31. The molecule has 0 bridgehead atoms. The van der Waals surface area contributed by atoms with Gasteiger partial charge in [-0.1, -0.05) is 29.8 Å². The number of esters is 1. The lowest BCUT2D eigenvalue weighted by atomic mass is 10.1. The highest BCUT2D eigenvalue weighted by atomic mass is 35.5. The molecule has 6 heteroatoms. The Kier molecular flexibility index (Phi) is 5.36. The fourth-order valence-electron chi connectivity index (χ4n) is 1.82. The third-order valence-corrected chi connectivity index (χ3v) is 4.15. The van der Waals surface area contributed by atoms with E-state index in [-0.39, 0.29) is 5.91 Å². The monoisotopic (exact) mass is 323 g/mol. The van der Waals surface area contributed by atoms with Crippen molar-refractivity contribution in [2.75, 3.05) is 12.4 Å². The SMILES string of the molecule is COC(=O)c1sccc1NC(=O)CCc1ccccc1Cl. The van der Waals surface area contributed by atoms with Gasteiger partial charge in [-0.05, 0) is 29.5 Å². The second-order valence-corrected chi connectivity index (χ2v) is 5.62. The molecule has 0 fully saturated rings. The summed E-state index contributed by atoms with van der Waals surface area (Å²) < 4.78 is 4.66. The predicted octanol–water partition coefficient (Wildman–Crippen LogP) is 3.76. The topological polar surface area (TPSA) is 55.4 Å². The van der Waals surface area contributed by atoms with Gasteiger partial charge in [-0.15, -0.1) is 11.3 Å². The Morgan fingerprint density at radius 2 is 2.05 bits per heavy atom. The Hall–Kier alpha value is -1.85. The van der Waals surface area contributed by atoms with Gasteiger partial charge in [0.1, 0.15) is 4.88 Å². The van der Waals surface area contributed by atoms with Crippen LogP contribution in [0.3, 0.4) is 0 Å². The fourth-order valence-corrected chi connectivity index (χ4v) is 2.82. The van der Waals surface area contributed by atoms with Gasteiger partial charge in [0.05, 0.1) is 12.8 Å². The van der Waals surface area contributed by atoms with Crippen LogP contribution in [0, 0.1) is 0 Å². The number of rotatable bonds is 5. The average molecular weight is 324 g/mol. The maximum absolute atomic E-state index is 12.0. The zero-order valence-electron chi connectivity index (χ0n) is 11.4. The highest BCUT2D eigenvalue weighted by Crippen LogP contribution is 2.23. The Morgan fingerprint density at radius 3 is 2.76 bits per heavy atom. The molecule has 1 amide bonds. The quantitative estimate of drug-likeness (QED) is 0.852. The number of anilines is 1. The molecule has 0 aliphatic rings. The molecule has 0 saturated carbocycles. The number of nitrogens with one attached hydrogen (secondary N) is 1. The summed E-state index contributed by atoms with van der Waals surface area (Å²) in [7, 11) is 1.31. The van der Waals surface area contributed by atoms with Crippen LogP contribution in [0.1, 0.15) is 21.7 Å². The van der Waals surface area contributed by atoms with E-state index in [1.54, 1.807) is 17.5 Å². The fraction of sp³-hybridized carbons (Fsp3) is 0.200. The maximum atomic E-state index is 12.0. The maximum Gasteiger partial charge on any atom is 0.350 e. The van der Waals surface area contributed by atoms with Gasteiger partial charge in [0.15, 0.2) is 0 Å². The molecule has 1 N–H and O–H groups in total. The van der Waals surface area contributed by atoms with Crippen molar-refractivity contribution < 1.29 is 14.3 Å². The average Bonchev–Trinajstić information content (AvgIpc) is 2.93. The number of hydrogen-bond donors (Lipinski definition) is 1. The summed E-state index contributed by atoms with van der Waals surface area (Å²) >= 11 is 7.28. The third-order valence-electron chi connectivity index (χ3n) is 2.89. The van der Waals surface area contributed by atoms with E-state index in [1.807, 2.05) is 18.2 Å². The summed E-state index contributed by atoms with van der Waals surface area (Å²) in [6, 6.07) is 9.10. The lowest BCUT2D eigenvalue weighted by molar-refractivity contribution is -0.116. The van der Waals surface area contributed by atoms with E-state index in [4.69, 9.17) is 11.6 Å². The summed E-state index contributed by atoms with van der Waals surface area (Å²) in [5.41, 5.74) is 1.41. The molecule has 0 radical (unpaired) electrons. The minimum absolute atomic E-state index is 0.168. The molecule has 1 heterocycles. The molecule has 110 valence electrons. The molecule has 2 aromatic rings. The molecule has 0 aliphatic carbocycles. The Balaban J connectivity index is 1.95. The number of ether oxygens (including phenoxy) is 1. The van der Waals surface area contributed by atoms with Gasteiger partial charge in [-0.2, -0.15) is 0 Å². The smallest absolute Gasteiger partial charge is 0.350 e. The zero-order chi connectivity index (χ0) is 15.2. The van der Waals surface area contributed by atoms with Crippen molar-refractivity contribution >= 4 is 40.5 Å². The van der Waals surface area contributed by atoms with Crippen LogP contribution in [-0.2, 0) is 16.0 Å². The summed E-state index contributed by atoms with van der Waals surface area (Å²) in [5.74, 6) is -0.620. The Bertz CT molecular complexity index is 654. The van der Waals surface area contributed by atoms with E-state index in [2.05, 4.69) is 10.1 Å². The minimum atomic E-state index is -0.452. The number of aryl methyl sites for hydroxylation is 1. The number of thiophene rings is 1. The molecule has 0 atom stereocenters. The van der Waals surface area contributed by atoms with Crippen LogP contribution >= 0.6 is 22.9 Å². The highest BCUT2D eigenvalue weighted by molar-refractivity contribution is 7.12. The summed E-state index contributed by atoms with van der Waals surface area (Å²) in [4.78, 5) is 23.9. The molecule has 2 rings (SSSR count). The number of hydrogen-bond acceptors (Lipinski definition) is 4. The molecule has 4 nitrogen and oxygen atoms in total. The van der Waals surface area contributed by atoms with Crippen molar-refractivity contribution in [3.63, 3.8) is 0 Å². The van der Waals surface area contributed by atoms with E-state index in [1.165, 1.54) is 18.4 Å². The molecule has 0 aliphatic heterocycles. The third kappa shape index (κ3) is 4.06. The van der Waals surface area contributed by atoms with Gasteiger partial charge in [-0.25, -0.2) is 4.79 Å². The Morgan fingerprint density at radius 1 is 1.29 bits per heavy atom. The largest absolute Gasteiger partial charge is 0.465 e. The lowest BCUT2D eigenvalue weighted by Gasteiger charge is -2.06. The molecular formula is C15H14ClNO3S. The standard InChI is InChI=1S/C15H14ClNO3S/c1-20-15(19)14-12(8-9-21-14)17-13(18)7-6-10-4-2-3-5-11(10)16/h2-5,8-9H,6-7H2,1H3,(H,17,18). The number of halogens is 1. The predicted molar refractivity (Wildman–Crippen MR) is 84.1 cm³/mol. The van der Waals surface area contributed by atoms with Crippen molar-refractivity contribution in [3.05, 3.63) is 51.2 Å². The van der Waals surface area contributed by atoms with Crippen LogP contribution in [0.5, 0.6) is 0 Å². The minimum Gasteiger partial charge on any atom is -0.465 e. The molecule has 21 heavy (non-hydrogen) atoms. The zero-order valence-corrected chi connectivity index (χ0v) is 13.0. The molecule has 1 aromatic carbocycles. The lowest BCUT2D eigenvalue weighted by Crippen LogP contribution is -2.14. The van der Waals surface area contributed by atoms with Gasteiger partial charge in [-0.3, -0.25) is 4.79 Å². The van der Waals surface area contributed by atoms with Crippen molar-refractivity contribution in [2.45, 2.75) is 12.8 Å². The van der Waals surface area contributed by atoms with Gasteiger partial charge in [0.25, 0.3) is 0 Å². The van der Waals surface area contributed by atoms with E-state index in [9.17, 15) is 9.59 Å². The van der Waals surface area contributed by atoms with Crippen molar-refractivity contribution in [1.29, 1.82) is 0 Å². The number of amides is 1. The van der Waals surface area contributed by atoms with Crippen LogP contribution in [0.4, 0.5) is 5.69 Å². The highest BCUT2D eigenvalue weighted by Gasteiger charge is 2.15. The summed E-state index contributed by atoms with van der Waals surface area (Å²) in [6.07, 6.45) is 0.837. The van der Waals surface area contributed by atoms with Crippen LogP contribution in [0.25, 0.3) is 0 Å². The van der Waals surface area contributed by atoms with E-state index in [0.717, 1.165) is 5.56 Å². The van der Waals surface area contributed by atoms with Crippen LogP contribution in [-0.4, -0.2) is 19.0 Å². The summed E-state index contributed by atoms with van der Waals surface area (Å²) in [5, 5.41) is 5.10. The second-order valence-electron chi connectivity index (χ2n) is 4.29. The Labute approximate surface area is 131 Å². The van der Waals surface area contributed by atoms with Crippen LogP contribution in [0.2, 0.25) is 5.02 Å². The number of carbonyl (C=O) groups is 2. The van der Waals surface area contributed by atoms with Crippen LogP contribution in [0.15, 0.2) is 35.7 Å². The molecule has 1 aromatic heterocycles. The number of benzene rings is 1. The number of carbonyl (C=O) groups excluding carboxylic acids is 2. The van der Waals surface area contributed by atoms with Crippen molar-refractivity contribution in [1.82, 2.24) is 0 Å². The van der Waals surface area contributed by atoms with E-state index in [0.29, 0.717) is 28.4 Å². The van der Waals surface area contributed by atoms with E-state index < -0.39 is 5.97 Å². The second kappa shape index (κ2) is 7.24. The summed E-state index contributed by atoms with van der Waals surface area (Å²) in [6.45, 7) is 0. The van der Waals surface area contributed by atoms with Gasteiger partial charge >= 0.3 is 5.97 Å². The van der Waals surface area contributed by atoms with Gasteiger partial charge in [0.2, 0.25) is 5.91 Å². The molecular weight excluding hydrogens is 310 g/mol. The number of methoxy groups -OCH3 is 1. The molecule has 0 saturated heterocycles. The van der Waals surface area contributed by atoms with Gasteiger partial charge in [0, 0.05) is 11.4 Å². The first-order chi connectivity index (χ1) is 10.1. The molecule has 0 unspecified atom stereocenters. The molecule has 0 spiro atoms.